The molecule has 0 aliphatic carbocycles. The SMILES string of the molecule is Cl.NCCc1c[nH]c2cc(F)cc(F)c12. The van der Waals surface area contributed by atoms with Gasteiger partial charge in [-0.1, -0.05) is 0 Å². The van der Waals surface area contributed by atoms with Gasteiger partial charge in [-0.2, -0.15) is 0 Å². The van der Waals surface area contributed by atoms with Gasteiger partial charge in [0.05, 0.1) is 5.52 Å². The first-order valence-corrected chi connectivity index (χ1v) is 4.37. The standard InChI is InChI=1S/C10H10F2N2.ClH/c11-7-3-8(12)10-6(1-2-13)5-14-9(10)4-7;/h3-5,14H,1-2,13H2;1H. The summed E-state index contributed by atoms with van der Waals surface area (Å²) in [7, 11) is 0. The third-order valence-corrected chi connectivity index (χ3v) is 2.19. The van der Waals surface area contributed by atoms with Crippen LogP contribution in [0.25, 0.3) is 10.9 Å². The van der Waals surface area contributed by atoms with Crippen LogP contribution in [-0.4, -0.2) is 11.5 Å². The van der Waals surface area contributed by atoms with E-state index in [2.05, 4.69) is 4.98 Å². The first kappa shape index (κ1) is 11.9. The maximum atomic E-state index is 13.4. The summed E-state index contributed by atoms with van der Waals surface area (Å²) in [6.07, 6.45) is 2.25. The fourth-order valence-electron chi connectivity index (χ4n) is 1.60. The summed E-state index contributed by atoms with van der Waals surface area (Å²) in [5.41, 5.74) is 6.65. The van der Waals surface area contributed by atoms with Crippen molar-refractivity contribution < 1.29 is 8.78 Å². The van der Waals surface area contributed by atoms with Crippen molar-refractivity contribution in [1.82, 2.24) is 4.98 Å². The Morgan fingerprint density at radius 2 is 2.00 bits per heavy atom. The minimum atomic E-state index is -0.573. The molecule has 0 aliphatic heterocycles. The Kier molecular flexibility index (Phi) is 3.66. The number of hydrogen-bond acceptors (Lipinski definition) is 1. The van der Waals surface area contributed by atoms with Gasteiger partial charge in [-0.3, -0.25) is 0 Å². The zero-order valence-electron chi connectivity index (χ0n) is 7.89. The van der Waals surface area contributed by atoms with E-state index in [4.69, 9.17) is 5.73 Å². The lowest BCUT2D eigenvalue weighted by Gasteiger charge is -1.97. The van der Waals surface area contributed by atoms with Crippen LogP contribution in [0.5, 0.6) is 0 Å². The van der Waals surface area contributed by atoms with Gasteiger partial charge in [0.15, 0.2) is 0 Å². The van der Waals surface area contributed by atoms with Gasteiger partial charge in [0.1, 0.15) is 11.6 Å². The maximum absolute atomic E-state index is 13.4. The van der Waals surface area contributed by atoms with Gasteiger partial charge in [0, 0.05) is 17.6 Å². The van der Waals surface area contributed by atoms with E-state index in [1.54, 1.807) is 6.20 Å². The normalized spacial score (nSPS) is 10.3. The highest BCUT2D eigenvalue weighted by Gasteiger charge is 2.09. The Morgan fingerprint density at radius 3 is 2.67 bits per heavy atom. The Bertz CT molecular complexity index is 468. The third kappa shape index (κ3) is 2.11. The van der Waals surface area contributed by atoms with Gasteiger partial charge in [0.2, 0.25) is 0 Å². The Morgan fingerprint density at radius 1 is 1.27 bits per heavy atom. The van der Waals surface area contributed by atoms with Crippen molar-refractivity contribution in [3.05, 3.63) is 35.5 Å². The van der Waals surface area contributed by atoms with Crippen molar-refractivity contribution in [2.45, 2.75) is 6.42 Å². The molecule has 2 aromatic rings. The third-order valence-electron chi connectivity index (χ3n) is 2.19. The number of nitrogens with one attached hydrogen (secondary N) is 1. The molecule has 0 atom stereocenters. The largest absolute Gasteiger partial charge is 0.361 e. The number of benzene rings is 1. The number of H-pyrrole nitrogens is 1. The van der Waals surface area contributed by atoms with Crippen molar-refractivity contribution in [2.75, 3.05) is 6.54 Å². The summed E-state index contributed by atoms with van der Waals surface area (Å²) in [6.45, 7) is 0.448. The van der Waals surface area contributed by atoms with Gasteiger partial charge >= 0.3 is 0 Å². The Hall–Kier alpha value is -1.13. The van der Waals surface area contributed by atoms with E-state index in [0.717, 1.165) is 11.6 Å². The van der Waals surface area contributed by atoms with Gasteiger partial charge in [-0.25, -0.2) is 8.78 Å². The molecular formula is C10H11ClF2N2. The van der Waals surface area contributed by atoms with Gasteiger partial charge in [-0.05, 0) is 24.6 Å². The van der Waals surface area contributed by atoms with E-state index in [0.29, 0.717) is 23.9 Å². The minimum absolute atomic E-state index is 0. The summed E-state index contributed by atoms with van der Waals surface area (Å²) in [5, 5.41) is 0.442. The fourth-order valence-corrected chi connectivity index (χ4v) is 1.60. The summed E-state index contributed by atoms with van der Waals surface area (Å²) in [5.74, 6) is -1.11. The van der Waals surface area contributed by atoms with Crippen molar-refractivity contribution in [2.24, 2.45) is 5.73 Å². The molecule has 0 saturated carbocycles. The van der Waals surface area contributed by atoms with Crippen molar-refractivity contribution in [3.63, 3.8) is 0 Å². The van der Waals surface area contributed by atoms with E-state index in [9.17, 15) is 8.78 Å². The highest BCUT2D eigenvalue weighted by Crippen LogP contribution is 2.22. The second-order valence-electron chi connectivity index (χ2n) is 3.16. The molecule has 15 heavy (non-hydrogen) atoms. The molecule has 0 unspecified atom stereocenters. The Labute approximate surface area is 91.9 Å². The summed E-state index contributed by atoms with van der Waals surface area (Å²) >= 11 is 0. The second kappa shape index (κ2) is 4.59. The number of aromatic nitrogens is 1. The van der Waals surface area contributed by atoms with E-state index in [-0.39, 0.29) is 12.4 Å². The average Bonchev–Trinajstić information content (AvgIpc) is 2.49. The molecule has 82 valence electrons. The molecule has 1 aromatic heterocycles. The highest BCUT2D eigenvalue weighted by molar-refractivity contribution is 5.85. The predicted molar refractivity (Wildman–Crippen MR) is 58.2 cm³/mol. The Balaban J connectivity index is 0.00000112. The van der Waals surface area contributed by atoms with Crippen molar-refractivity contribution in [3.8, 4) is 0 Å². The highest BCUT2D eigenvalue weighted by atomic mass is 35.5. The van der Waals surface area contributed by atoms with Crippen LogP contribution in [0.2, 0.25) is 0 Å². The number of fused-ring (bicyclic) bond motifs is 1. The fraction of sp³-hybridized carbons (Fsp3) is 0.200. The number of aromatic amines is 1. The van der Waals surface area contributed by atoms with E-state index in [1.807, 2.05) is 0 Å². The quantitative estimate of drug-likeness (QED) is 0.820. The number of halogens is 3. The first-order chi connectivity index (χ1) is 6.72. The molecule has 1 heterocycles. The molecule has 0 spiro atoms. The van der Waals surface area contributed by atoms with Crippen molar-refractivity contribution >= 4 is 23.3 Å². The molecule has 0 radical (unpaired) electrons. The molecule has 5 heteroatoms. The van der Waals surface area contributed by atoms with E-state index in [1.165, 1.54) is 6.07 Å². The molecular weight excluding hydrogens is 222 g/mol. The van der Waals surface area contributed by atoms with Crippen LogP contribution in [0.3, 0.4) is 0 Å². The molecule has 2 nitrogen and oxygen atoms in total. The lowest BCUT2D eigenvalue weighted by Crippen LogP contribution is -2.02. The number of rotatable bonds is 2. The lowest BCUT2D eigenvalue weighted by atomic mass is 10.1. The van der Waals surface area contributed by atoms with Crippen LogP contribution in [-0.2, 0) is 6.42 Å². The lowest BCUT2D eigenvalue weighted by molar-refractivity contribution is 0.591. The zero-order chi connectivity index (χ0) is 10.1. The van der Waals surface area contributed by atoms with Crippen LogP contribution >= 0.6 is 12.4 Å². The predicted octanol–water partition coefficient (Wildman–Crippen LogP) is 2.37. The van der Waals surface area contributed by atoms with Gasteiger partial charge < -0.3 is 10.7 Å². The minimum Gasteiger partial charge on any atom is -0.361 e. The molecule has 0 fully saturated rings. The van der Waals surface area contributed by atoms with Gasteiger partial charge in [-0.15, -0.1) is 12.4 Å². The summed E-state index contributed by atoms with van der Waals surface area (Å²) in [4.78, 5) is 2.82. The molecule has 1 aromatic carbocycles. The van der Waals surface area contributed by atoms with Gasteiger partial charge in [0.25, 0.3) is 0 Å². The summed E-state index contributed by atoms with van der Waals surface area (Å²) < 4.78 is 26.2. The molecule has 0 aliphatic rings. The van der Waals surface area contributed by atoms with Crippen LogP contribution in [0.4, 0.5) is 8.78 Å². The van der Waals surface area contributed by atoms with Crippen LogP contribution in [0.15, 0.2) is 18.3 Å². The number of hydrogen-bond donors (Lipinski definition) is 2. The van der Waals surface area contributed by atoms with Crippen LogP contribution in [0.1, 0.15) is 5.56 Å². The van der Waals surface area contributed by atoms with Crippen LogP contribution in [0, 0.1) is 11.6 Å². The zero-order valence-corrected chi connectivity index (χ0v) is 8.70. The first-order valence-electron chi connectivity index (χ1n) is 4.37. The smallest absolute Gasteiger partial charge is 0.135 e. The molecule has 0 amide bonds. The maximum Gasteiger partial charge on any atom is 0.135 e. The topological polar surface area (TPSA) is 41.8 Å². The summed E-state index contributed by atoms with van der Waals surface area (Å²) in [6, 6.07) is 2.16. The van der Waals surface area contributed by atoms with E-state index < -0.39 is 11.6 Å². The number of nitrogens with two attached hydrogens (primary N) is 1. The molecule has 3 N–H and O–H groups in total. The monoisotopic (exact) mass is 232 g/mol. The molecule has 2 rings (SSSR count). The second-order valence-corrected chi connectivity index (χ2v) is 3.16. The van der Waals surface area contributed by atoms with Crippen molar-refractivity contribution in [1.29, 1.82) is 0 Å². The van der Waals surface area contributed by atoms with E-state index >= 15 is 0 Å². The molecule has 0 bridgehead atoms. The molecule has 0 saturated heterocycles. The van der Waals surface area contributed by atoms with Crippen LogP contribution < -0.4 is 5.73 Å². The average molecular weight is 233 g/mol.